The molecule has 9 heteroatoms. The van der Waals surface area contributed by atoms with E-state index in [2.05, 4.69) is 20.2 Å². The fourth-order valence-corrected chi connectivity index (χ4v) is 3.05. The van der Waals surface area contributed by atoms with Crippen LogP contribution >= 0.6 is 11.6 Å². The van der Waals surface area contributed by atoms with Gasteiger partial charge < -0.3 is 4.98 Å². The second kappa shape index (κ2) is 6.68. The average molecular weight is 383 g/mol. The molecular formula is C17H14ClF3N4O. The Morgan fingerprint density at radius 3 is 2.58 bits per heavy atom. The van der Waals surface area contributed by atoms with Crippen LogP contribution in [0.25, 0.3) is 0 Å². The highest BCUT2D eigenvalue weighted by Gasteiger charge is 2.32. The van der Waals surface area contributed by atoms with Gasteiger partial charge in [0.15, 0.2) is 0 Å². The van der Waals surface area contributed by atoms with Crippen LogP contribution in [0.1, 0.15) is 41.9 Å². The third-order valence-electron chi connectivity index (χ3n) is 4.10. The minimum Gasteiger partial charge on any atom is -0.311 e. The minimum absolute atomic E-state index is 0.0219. The number of alkyl halides is 3. The van der Waals surface area contributed by atoms with Crippen LogP contribution in [0.3, 0.4) is 0 Å². The van der Waals surface area contributed by atoms with E-state index in [4.69, 9.17) is 11.6 Å². The van der Waals surface area contributed by atoms with Crippen molar-refractivity contribution in [2.75, 3.05) is 0 Å². The van der Waals surface area contributed by atoms with Crippen LogP contribution in [-0.4, -0.2) is 21.4 Å². The van der Waals surface area contributed by atoms with Gasteiger partial charge in [0.1, 0.15) is 5.82 Å². The Bertz CT molecular complexity index is 979. The molecule has 3 rings (SSSR count). The molecule has 2 aromatic rings. The third-order valence-corrected chi connectivity index (χ3v) is 4.42. The van der Waals surface area contributed by atoms with Crippen LogP contribution in [-0.2, 0) is 6.18 Å². The smallest absolute Gasteiger partial charge is 0.311 e. The van der Waals surface area contributed by atoms with Gasteiger partial charge >= 0.3 is 6.18 Å². The molecule has 0 bridgehead atoms. The molecule has 1 aromatic heterocycles. The molecule has 0 fully saturated rings. The van der Waals surface area contributed by atoms with Crippen molar-refractivity contribution in [2.24, 2.45) is 10.2 Å². The first-order valence-corrected chi connectivity index (χ1v) is 8.11. The van der Waals surface area contributed by atoms with E-state index in [1.54, 1.807) is 13.8 Å². The summed E-state index contributed by atoms with van der Waals surface area (Å²) in [5.74, 6) is 0.136. The standard InChI is InChI=1S/C17H14ClF3N4O/c1-8(11-4-3-10(5-12(11)18)17(19,20)21)13-6-15(25-24-13)14-7-16(26)23-9(2)22-14/h3-5,7-8H,6H2,1-2H3,(H,22,23,26). The number of aromatic nitrogens is 2. The number of benzene rings is 1. The molecule has 1 aromatic carbocycles. The average Bonchev–Trinajstić information content (AvgIpc) is 3.02. The van der Waals surface area contributed by atoms with E-state index in [-0.39, 0.29) is 16.5 Å². The van der Waals surface area contributed by atoms with Gasteiger partial charge in [-0.2, -0.15) is 23.4 Å². The van der Waals surface area contributed by atoms with Gasteiger partial charge in [0.25, 0.3) is 5.56 Å². The van der Waals surface area contributed by atoms with Gasteiger partial charge in [0.2, 0.25) is 0 Å². The number of nitrogens with one attached hydrogen (secondary N) is 1. The van der Waals surface area contributed by atoms with Crippen molar-refractivity contribution >= 4 is 23.0 Å². The van der Waals surface area contributed by atoms with Crippen LogP contribution in [0.15, 0.2) is 39.3 Å². The summed E-state index contributed by atoms with van der Waals surface area (Å²) in [5.41, 5.74) is 1.04. The predicted molar refractivity (Wildman–Crippen MR) is 93.1 cm³/mol. The summed E-state index contributed by atoms with van der Waals surface area (Å²) in [6.45, 7) is 3.45. The highest BCUT2D eigenvalue weighted by molar-refractivity contribution is 6.32. The molecule has 0 amide bonds. The Kier molecular flexibility index (Phi) is 4.70. The molecule has 1 unspecified atom stereocenters. The lowest BCUT2D eigenvalue weighted by atomic mass is 9.92. The quantitative estimate of drug-likeness (QED) is 0.868. The van der Waals surface area contributed by atoms with Gasteiger partial charge in [-0.1, -0.05) is 24.6 Å². The largest absolute Gasteiger partial charge is 0.416 e. The topological polar surface area (TPSA) is 70.5 Å². The molecular weight excluding hydrogens is 369 g/mol. The predicted octanol–water partition coefficient (Wildman–Crippen LogP) is 4.10. The number of hydrogen-bond acceptors (Lipinski definition) is 4. The summed E-state index contributed by atoms with van der Waals surface area (Å²) in [7, 11) is 0. The molecule has 1 N–H and O–H groups in total. The SMILES string of the molecule is Cc1nc(C2=NN=C(C(C)c3ccc(C(F)(F)F)cc3Cl)C2)cc(=O)[nH]1. The molecule has 136 valence electrons. The maximum absolute atomic E-state index is 12.8. The number of rotatable bonds is 3. The van der Waals surface area contributed by atoms with Gasteiger partial charge in [0.05, 0.1) is 22.7 Å². The molecule has 1 aliphatic heterocycles. The lowest BCUT2D eigenvalue weighted by Crippen LogP contribution is -2.17. The molecule has 0 spiro atoms. The van der Waals surface area contributed by atoms with Crippen molar-refractivity contribution in [1.82, 2.24) is 9.97 Å². The van der Waals surface area contributed by atoms with E-state index in [1.807, 2.05) is 0 Å². The van der Waals surface area contributed by atoms with Crippen molar-refractivity contribution in [2.45, 2.75) is 32.4 Å². The summed E-state index contributed by atoms with van der Waals surface area (Å²) in [6, 6.07) is 4.59. The Hall–Kier alpha value is -2.48. The summed E-state index contributed by atoms with van der Waals surface area (Å²) in [5, 5.41) is 8.20. The number of H-pyrrole nitrogens is 1. The van der Waals surface area contributed by atoms with Crippen molar-refractivity contribution in [3.63, 3.8) is 0 Å². The van der Waals surface area contributed by atoms with Crippen LogP contribution in [0.4, 0.5) is 13.2 Å². The third kappa shape index (κ3) is 3.70. The number of hydrogen-bond donors (Lipinski definition) is 1. The maximum Gasteiger partial charge on any atom is 0.416 e. The van der Waals surface area contributed by atoms with Gasteiger partial charge in [-0.25, -0.2) is 4.98 Å². The van der Waals surface area contributed by atoms with Crippen molar-refractivity contribution in [3.8, 4) is 0 Å². The lowest BCUT2D eigenvalue weighted by Gasteiger charge is -2.15. The zero-order valence-corrected chi connectivity index (χ0v) is 14.6. The normalized spacial score (nSPS) is 15.6. The molecule has 2 heterocycles. The highest BCUT2D eigenvalue weighted by Crippen LogP contribution is 2.35. The molecule has 1 atom stereocenters. The first-order chi connectivity index (χ1) is 12.1. The Balaban J connectivity index is 1.81. The van der Waals surface area contributed by atoms with E-state index < -0.39 is 11.7 Å². The first-order valence-electron chi connectivity index (χ1n) is 7.73. The summed E-state index contributed by atoms with van der Waals surface area (Å²) in [4.78, 5) is 18.3. The van der Waals surface area contributed by atoms with E-state index in [9.17, 15) is 18.0 Å². The molecule has 1 aliphatic rings. The molecule has 5 nitrogen and oxygen atoms in total. The zero-order valence-electron chi connectivity index (χ0n) is 13.9. The number of halogens is 4. The van der Waals surface area contributed by atoms with E-state index >= 15 is 0 Å². The fourth-order valence-electron chi connectivity index (χ4n) is 2.71. The van der Waals surface area contributed by atoms with Gasteiger partial charge in [-0.15, -0.1) is 0 Å². The fraction of sp³-hybridized carbons (Fsp3) is 0.294. The van der Waals surface area contributed by atoms with Crippen LogP contribution in [0.2, 0.25) is 5.02 Å². The van der Waals surface area contributed by atoms with Crippen LogP contribution in [0.5, 0.6) is 0 Å². The van der Waals surface area contributed by atoms with Crippen LogP contribution in [0, 0.1) is 6.92 Å². The molecule has 0 radical (unpaired) electrons. The van der Waals surface area contributed by atoms with Crippen molar-refractivity contribution in [3.05, 3.63) is 62.3 Å². The second-order valence-electron chi connectivity index (χ2n) is 5.99. The maximum atomic E-state index is 12.8. The summed E-state index contributed by atoms with van der Waals surface area (Å²) >= 11 is 6.05. The molecule has 0 saturated heterocycles. The zero-order chi connectivity index (χ0) is 19.1. The van der Waals surface area contributed by atoms with E-state index in [0.717, 1.165) is 12.1 Å². The number of aryl methyl sites for hydroxylation is 1. The monoisotopic (exact) mass is 382 g/mol. The van der Waals surface area contributed by atoms with Crippen molar-refractivity contribution < 1.29 is 13.2 Å². The highest BCUT2D eigenvalue weighted by atomic mass is 35.5. The van der Waals surface area contributed by atoms with Crippen molar-refractivity contribution in [1.29, 1.82) is 0 Å². The molecule has 26 heavy (non-hydrogen) atoms. The van der Waals surface area contributed by atoms with E-state index in [0.29, 0.717) is 34.9 Å². The first kappa shape index (κ1) is 18.3. The summed E-state index contributed by atoms with van der Waals surface area (Å²) < 4.78 is 38.3. The Morgan fingerprint density at radius 1 is 1.23 bits per heavy atom. The number of nitrogens with zero attached hydrogens (tertiary/aromatic N) is 3. The Labute approximate surface area is 151 Å². The number of aromatic amines is 1. The summed E-state index contributed by atoms with van der Waals surface area (Å²) in [6.07, 6.45) is -4.11. The van der Waals surface area contributed by atoms with E-state index in [1.165, 1.54) is 12.1 Å². The van der Waals surface area contributed by atoms with Gasteiger partial charge in [0, 0.05) is 23.4 Å². The van der Waals surface area contributed by atoms with Gasteiger partial charge in [-0.05, 0) is 24.6 Å². The Morgan fingerprint density at radius 2 is 1.96 bits per heavy atom. The molecule has 0 aliphatic carbocycles. The lowest BCUT2D eigenvalue weighted by molar-refractivity contribution is -0.137. The van der Waals surface area contributed by atoms with Crippen LogP contribution < -0.4 is 5.56 Å². The van der Waals surface area contributed by atoms with Gasteiger partial charge in [-0.3, -0.25) is 4.79 Å². The molecule has 0 saturated carbocycles. The minimum atomic E-state index is -4.45. The second-order valence-corrected chi connectivity index (χ2v) is 6.39.